The van der Waals surface area contributed by atoms with Crippen molar-refractivity contribution in [1.29, 1.82) is 0 Å². The van der Waals surface area contributed by atoms with E-state index in [0.29, 0.717) is 35.6 Å². The Kier molecular flexibility index (Phi) is 4.15. The number of carbonyl (C=O) groups is 1. The van der Waals surface area contributed by atoms with Crippen LogP contribution in [-0.2, 0) is 11.8 Å². The van der Waals surface area contributed by atoms with Gasteiger partial charge in [0.15, 0.2) is 5.82 Å². The summed E-state index contributed by atoms with van der Waals surface area (Å²) < 4.78 is 23.7. The summed E-state index contributed by atoms with van der Waals surface area (Å²) in [6.45, 7) is 5.55. The third kappa shape index (κ3) is 2.99. The van der Waals surface area contributed by atoms with Gasteiger partial charge in [-0.1, -0.05) is 6.58 Å². The Hall–Kier alpha value is -3.16. The molecule has 8 heteroatoms. The van der Waals surface area contributed by atoms with Crippen LogP contribution in [0.5, 0.6) is 5.75 Å². The molecule has 3 aromatic rings. The number of aryl methyl sites for hydroxylation is 1. The van der Waals surface area contributed by atoms with E-state index in [0.717, 1.165) is 30.6 Å². The molecule has 0 spiro atoms. The number of rotatable bonds is 5. The van der Waals surface area contributed by atoms with E-state index in [2.05, 4.69) is 16.8 Å². The lowest BCUT2D eigenvalue weighted by atomic mass is 9.62. The van der Waals surface area contributed by atoms with E-state index in [1.54, 1.807) is 17.1 Å². The number of hydrogen-bond donors (Lipinski definition) is 0. The van der Waals surface area contributed by atoms with Crippen molar-refractivity contribution in [3.05, 3.63) is 49.3 Å². The Bertz CT molecular complexity index is 1090. The minimum Gasteiger partial charge on any atom is -0.491 e. The molecule has 150 valence electrons. The van der Waals surface area contributed by atoms with Gasteiger partial charge in [0.05, 0.1) is 19.0 Å². The summed E-state index contributed by atoms with van der Waals surface area (Å²) in [5.41, 5.74) is 2.11. The molecule has 1 aliphatic carbocycles. The lowest BCUT2D eigenvalue weighted by Crippen LogP contribution is -2.57. The summed E-state index contributed by atoms with van der Waals surface area (Å²) in [7, 11) is 1.85. The lowest BCUT2D eigenvalue weighted by Gasteiger charge is -2.53. The van der Waals surface area contributed by atoms with Gasteiger partial charge >= 0.3 is 0 Å². The highest BCUT2D eigenvalue weighted by Gasteiger charge is 2.47. The fourth-order valence-electron chi connectivity index (χ4n) is 4.64. The molecular formula is C21H22FN5O2. The number of halogens is 1. The van der Waals surface area contributed by atoms with Gasteiger partial charge in [0.25, 0.3) is 0 Å². The minimum absolute atomic E-state index is 0.00807. The average molecular weight is 395 g/mol. The van der Waals surface area contributed by atoms with Gasteiger partial charge in [-0.3, -0.25) is 9.48 Å². The van der Waals surface area contributed by atoms with Gasteiger partial charge in [-0.25, -0.2) is 8.91 Å². The monoisotopic (exact) mass is 395 g/mol. The predicted octanol–water partition coefficient (Wildman–Crippen LogP) is 2.53. The van der Waals surface area contributed by atoms with Crippen LogP contribution in [0.1, 0.15) is 6.42 Å². The highest BCUT2D eigenvalue weighted by atomic mass is 19.1. The molecule has 2 bridgehead atoms. The van der Waals surface area contributed by atoms with Crippen molar-refractivity contribution < 1.29 is 13.9 Å². The summed E-state index contributed by atoms with van der Waals surface area (Å²) in [4.78, 5) is 13.7. The molecule has 0 aromatic carbocycles. The highest BCUT2D eigenvalue weighted by molar-refractivity contribution is 5.87. The van der Waals surface area contributed by atoms with Crippen molar-refractivity contribution in [2.45, 2.75) is 6.42 Å². The van der Waals surface area contributed by atoms with Gasteiger partial charge in [0, 0.05) is 49.6 Å². The molecule has 3 aromatic heterocycles. The first-order chi connectivity index (χ1) is 14.0. The number of aromatic nitrogens is 4. The molecule has 1 amide bonds. The zero-order valence-corrected chi connectivity index (χ0v) is 16.2. The van der Waals surface area contributed by atoms with Gasteiger partial charge in [0.1, 0.15) is 11.3 Å². The number of ether oxygens (including phenoxy) is 1. The van der Waals surface area contributed by atoms with Gasteiger partial charge in [-0.05, 0) is 30.4 Å². The van der Waals surface area contributed by atoms with Gasteiger partial charge in [0.2, 0.25) is 5.91 Å². The van der Waals surface area contributed by atoms with Crippen molar-refractivity contribution in [2.24, 2.45) is 24.8 Å². The number of piperidine rings is 2. The van der Waals surface area contributed by atoms with Crippen molar-refractivity contribution in [3.63, 3.8) is 0 Å². The Labute approximate surface area is 167 Å². The topological polar surface area (TPSA) is 64.7 Å². The molecule has 3 fully saturated rings. The zero-order valence-electron chi connectivity index (χ0n) is 16.2. The third-order valence-corrected chi connectivity index (χ3v) is 6.21. The summed E-state index contributed by atoms with van der Waals surface area (Å²) >= 11 is 0. The first-order valence-corrected chi connectivity index (χ1v) is 9.73. The summed E-state index contributed by atoms with van der Waals surface area (Å²) in [6, 6.07) is 1.85. The molecule has 29 heavy (non-hydrogen) atoms. The van der Waals surface area contributed by atoms with E-state index in [-0.39, 0.29) is 5.91 Å². The van der Waals surface area contributed by atoms with E-state index in [9.17, 15) is 9.18 Å². The average Bonchev–Trinajstić information content (AvgIpc) is 3.33. The van der Waals surface area contributed by atoms with Crippen LogP contribution >= 0.6 is 0 Å². The number of nitrogens with zero attached hydrogens (tertiary/aromatic N) is 5. The van der Waals surface area contributed by atoms with Crippen LogP contribution in [-0.4, -0.2) is 49.9 Å². The molecule has 2 unspecified atom stereocenters. The first-order valence-electron chi connectivity index (χ1n) is 9.73. The van der Waals surface area contributed by atoms with Crippen molar-refractivity contribution in [1.82, 2.24) is 24.3 Å². The van der Waals surface area contributed by atoms with Gasteiger partial charge in [-0.2, -0.15) is 10.2 Å². The van der Waals surface area contributed by atoms with Crippen molar-refractivity contribution in [2.75, 3.05) is 19.7 Å². The normalized spacial score (nSPS) is 23.1. The quantitative estimate of drug-likeness (QED) is 0.623. The maximum absolute atomic E-state index is 14.3. The van der Waals surface area contributed by atoms with Gasteiger partial charge in [-0.15, -0.1) is 0 Å². The van der Waals surface area contributed by atoms with E-state index >= 15 is 0 Å². The second kappa shape index (κ2) is 6.72. The second-order valence-electron chi connectivity index (χ2n) is 7.96. The van der Waals surface area contributed by atoms with E-state index in [4.69, 9.17) is 4.74 Å². The van der Waals surface area contributed by atoms with Crippen LogP contribution in [0.25, 0.3) is 16.6 Å². The van der Waals surface area contributed by atoms with Crippen molar-refractivity contribution in [3.8, 4) is 16.9 Å². The molecular weight excluding hydrogens is 373 g/mol. The van der Waals surface area contributed by atoms with E-state index in [1.165, 1.54) is 16.8 Å². The van der Waals surface area contributed by atoms with Crippen LogP contribution in [0.4, 0.5) is 4.39 Å². The molecule has 1 saturated carbocycles. The molecule has 2 saturated heterocycles. The minimum atomic E-state index is -0.408. The number of amides is 1. The number of pyridine rings is 1. The first kappa shape index (κ1) is 17.9. The summed E-state index contributed by atoms with van der Waals surface area (Å²) in [5.74, 6) is 1.28. The van der Waals surface area contributed by atoms with Crippen molar-refractivity contribution >= 4 is 11.4 Å². The number of hydrogen-bond acceptors (Lipinski definition) is 4. The number of fused-ring (bicyclic) bond motifs is 3. The molecule has 3 atom stereocenters. The SMILES string of the molecule is C=CC(=O)N1CC2C[C@H](C1)C2COc1cc(-c2cnn(C)c2)cn2ncc(F)c12. The zero-order chi connectivity index (χ0) is 20.1. The van der Waals surface area contributed by atoms with Crippen LogP contribution in [0.2, 0.25) is 0 Å². The molecule has 0 radical (unpaired) electrons. The fraction of sp³-hybridized carbons (Fsp3) is 0.381. The molecule has 0 N–H and O–H groups in total. The molecule has 7 nitrogen and oxygen atoms in total. The molecule has 5 heterocycles. The predicted molar refractivity (Wildman–Crippen MR) is 105 cm³/mol. The highest BCUT2D eigenvalue weighted by Crippen LogP contribution is 2.46. The molecule has 2 aliphatic heterocycles. The maximum atomic E-state index is 14.3. The Morgan fingerprint density at radius 3 is 2.76 bits per heavy atom. The fourth-order valence-corrected chi connectivity index (χ4v) is 4.64. The molecule has 3 aliphatic rings. The van der Waals surface area contributed by atoms with Crippen LogP contribution in [0.15, 0.2) is 43.5 Å². The largest absolute Gasteiger partial charge is 0.491 e. The standard InChI is InChI=1S/C21H22FN5O2/c1-3-20(28)26-9-14-4-15(10-26)17(14)12-29-19-5-13(16-6-23-25(2)8-16)11-27-21(19)18(22)7-24-27/h3,5-8,11,14-15,17H,1,4,9-10,12H2,2H3/t14-,15?,17?/m1/s1. The number of carbonyl (C=O) groups excluding carboxylic acids is 1. The second-order valence-corrected chi connectivity index (χ2v) is 7.96. The van der Waals surface area contributed by atoms with Gasteiger partial charge < -0.3 is 9.64 Å². The summed E-state index contributed by atoms with van der Waals surface area (Å²) in [6.07, 6.45) is 9.12. The lowest BCUT2D eigenvalue weighted by molar-refractivity contribution is -0.138. The Morgan fingerprint density at radius 2 is 2.07 bits per heavy atom. The van der Waals surface area contributed by atoms with E-state index in [1.807, 2.05) is 24.2 Å². The Morgan fingerprint density at radius 1 is 1.28 bits per heavy atom. The summed E-state index contributed by atoms with van der Waals surface area (Å²) in [5, 5.41) is 8.31. The smallest absolute Gasteiger partial charge is 0.245 e. The van der Waals surface area contributed by atoms with Crippen LogP contribution in [0, 0.1) is 23.6 Å². The third-order valence-electron chi connectivity index (χ3n) is 6.21. The van der Waals surface area contributed by atoms with E-state index < -0.39 is 5.82 Å². The van der Waals surface area contributed by atoms with Crippen LogP contribution < -0.4 is 4.74 Å². The van der Waals surface area contributed by atoms with Crippen LogP contribution in [0.3, 0.4) is 0 Å². The molecule has 6 rings (SSSR count). The maximum Gasteiger partial charge on any atom is 0.245 e. The Balaban J connectivity index is 1.37.